The summed E-state index contributed by atoms with van der Waals surface area (Å²) < 4.78 is 36.4. The summed E-state index contributed by atoms with van der Waals surface area (Å²) in [6, 6.07) is 2.83. The number of alkyl halides is 3. The Morgan fingerprint density at radius 3 is 2.33 bits per heavy atom. The van der Waals surface area contributed by atoms with Gasteiger partial charge in [-0.2, -0.15) is 13.2 Å². The summed E-state index contributed by atoms with van der Waals surface area (Å²) in [4.78, 5) is 12.7. The standard InChI is InChI=1S/C12H14Cl2F3N3O/c1-20(6-12(15,16)17)3-2-10(21)19-11-8(13)4-7(18)5-9(11)14/h4-5H,2-3,6,18H2,1H3,(H,19,21). The first-order valence-electron chi connectivity index (χ1n) is 5.88. The Kier molecular flexibility index (Phi) is 6.12. The van der Waals surface area contributed by atoms with E-state index in [-0.39, 0.29) is 28.7 Å². The Bertz CT molecular complexity index is 500. The number of nitrogens with zero attached hydrogens (tertiary/aromatic N) is 1. The molecule has 1 amide bonds. The van der Waals surface area contributed by atoms with Gasteiger partial charge in [0.25, 0.3) is 0 Å². The fourth-order valence-corrected chi connectivity index (χ4v) is 2.19. The number of nitrogens with one attached hydrogen (secondary N) is 1. The zero-order valence-electron chi connectivity index (χ0n) is 11.1. The fourth-order valence-electron chi connectivity index (χ4n) is 1.59. The number of nitrogens with two attached hydrogens (primary N) is 1. The molecule has 0 aliphatic heterocycles. The Hall–Kier alpha value is -1.18. The summed E-state index contributed by atoms with van der Waals surface area (Å²) in [5, 5.41) is 2.79. The van der Waals surface area contributed by atoms with Crippen LogP contribution in [0.15, 0.2) is 12.1 Å². The van der Waals surface area contributed by atoms with Crippen LogP contribution in [-0.2, 0) is 4.79 Å². The lowest BCUT2D eigenvalue weighted by Gasteiger charge is -2.18. The molecule has 3 N–H and O–H groups in total. The van der Waals surface area contributed by atoms with Crippen molar-refractivity contribution in [3.8, 4) is 0 Å². The van der Waals surface area contributed by atoms with Gasteiger partial charge in [-0.25, -0.2) is 0 Å². The van der Waals surface area contributed by atoms with Crippen LogP contribution in [0.25, 0.3) is 0 Å². The molecule has 0 heterocycles. The summed E-state index contributed by atoms with van der Waals surface area (Å²) in [6.45, 7) is -1.13. The van der Waals surface area contributed by atoms with Crippen molar-refractivity contribution < 1.29 is 18.0 Å². The van der Waals surface area contributed by atoms with Crippen molar-refractivity contribution in [2.24, 2.45) is 0 Å². The first kappa shape index (κ1) is 17.9. The molecule has 1 aromatic carbocycles. The summed E-state index contributed by atoms with van der Waals surface area (Å²) in [6.07, 6.45) is -4.42. The summed E-state index contributed by atoms with van der Waals surface area (Å²) in [5.41, 5.74) is 6.05. The van der Waals surface area contributed by atoms with Gasteiger partial charge in [0.15, 0.2) is 0 Å². The molecule has 0 radical (unpaired) electrons. The van der Waals surface area contributed by atoms with Gasteiger partial charge in [0.2, 0.25) is 5.91 Å². The molecule has 0 saturated carbocycles. The van der Waals surface area contributed by atoms with Crippen LogP contribution in [0.2, 0.25) is 10.0 Å². The number of halogens is 5. The molecule has 0 aliphatic carbocycles. The highest BCUT2D eigenvalue weighted by molar-refractivity contribution is 6.40. The van der Waals surface area contributed by atoms with E-state index in [1.165, 1.54) is 19.2 Å². The number of hydrogen-bond donors (Lipinski definition) is 2. The fraction of sp³-hybridized carbons (Fsp3) is 0.417. The molecule has 1 aromatic rings. The second-order valence-corrected chi connectivity index (χ2v) is 5.33. The van der Waals surface area contributed by atoms with Gasteiger partial charge in [-0.15, -0.1) is 0 Å². The maximum absolute atomic E-state index is 12.1. The second-order valence-electron chi connectivity index (χ2n) is 4.51. The number of nitrogen functional groups attached to an aromatic ring is 1. The molecule has 0 spiro atoms. The van der Waals surface area contributed by atoms with Crippen LogP contribution >= 0.6 is 23.2 Å². The highest BCUT2D eigenvalue weighted by Gasteiger charge is 2.29. The molecule has 0 bridgehead atoms. The highest BCUT2D eigenvalue weighted by Crippen LogP contribution is 2.32. The largest absolute Gasteiger partial charge is 0.401 e. The SMILES string of the molecule is CN(CCC(=O)Nc1c(Cl)cc(N)cc1Cl)CC(F)(F)F. The zero-order chi connectivity index (χ0) is 16.2. The number of anilines is 2. The van der Waals surface area contributed by atoms with Gasteiger partial charge in [-0.3, -0.25) is 9.69 Å². The van der Waals surface area contributed by atoms with Crippen LogP contribution in [0.4, 0.5) is 24.5 Å². The molecule has 0 aromatic heterocycles. The van der Waals surface area contributed by atoms with Gasteiger partial charge in [0.1, 0.15) is 0 Å². The molecule has 0 aliphatic rings. The van der Waals surface area contributed by atoms with Crippen molar-refractivity contribution in [1.29, 1.82) is 0 Å². The quantitative estimate of drug-likeness (QED) is 0.805. The van der Waals surface area contributed by atoms with E-state index in [0.717, 1.165) is 4.90 Å². The van der Waals surface area contributed by atoms with E-state index < -0.39 is 18.6 Å². The Balaban J connectivity index is 2.55. The van der Waals surface area contributed by atoms with E-state index >= 15 is 0 Å². The maximum atomic E-state index is 12.1. The molecule has 4 nitrogen and oxygen atoms in total. The molecular weight excluding hydrogens is 330 g/mol. The summed E-state index contributed by atoms with van der Waals surface area (Å²) in [5.74, 6) is -0.488. The van der Waals surface area contributed by atoms with Gasteiger partial charge in [-0.1, -0.05) is 23.2 Å². The van der Waals surface area contributed by atoms with Crippen molar-refractivity contribution in [2.45, 2.75) is 12.6 Å². The third-order valence-electron chi connectivity index (χ3n) is 2.50. The van der Waals surface area contributed by atoms with E-state index in [0.29, 0.717) is 5.69 Å². The summed E-state index contributed by atoms with van der Waals surface area (Å²) in [7, 11) is 1.28. The topological polar surface area (TPSA) is 58.4 Å². The number of carbonyl (C=O) groups excluding carboxylic acids is 1. The minimum absolute atomic E-state index is 0.0461. The monoisotopic (exact) mass is 343 g/mol. The molecule has 1 rings (SSSR count). The van der Waals surface area contributed by atoms with Crippen LogP contribution in [0.3, 0.4) is 0 Å². The van der Waals surface area contributed by atoms with Crippen LogP contribution in [0.1, 0.15) is 6.42 Å². The van der Waals surface area contributed by atoms with Crippen LogP contribution < -0.4 is 11.1 Å². The smallest absolute Gasteiger partial charge is 0.399 e. The lowest BCUT2D eigenvalue weighted by Crippen LogP contribution is -2.33. The molecule has 118 valence electrons. The normalized spacial score (nSPS) is 11.8. The molecule has 0 saturated heterocycles. The number of amides is 1. The van der Waals surface area contributed by atoms with Crippen molar-refractivity contribution in [2.75, 3.05) is 31.2 Å². The Labute approximate surface area is 130 Å². The first-order chi connectivity index (χ1) is 9.58. The van der Waals surface area contributed by atoms with Crippen LogP contribution in [0.5, 0.6) is 0 Å². The molecule has 21 heavy (non-hydrogen) atoms. The van der Waals surface area contributed by atoms with Gasteiger partial charge < -0.3 is 11.1 Å². The molecule has 0 unspecified atom stereocenters. The van der Waals surface area contributed by atoms with Crippen LogP contribution in [-0.4, -0.2) is 37.1 Å². The highest BCUT2D eigenvalue weighted by atomic mass is 35.5. The third-order valence-corrected chi connectivity index (χ3v) is 3.09. The predicted molar refractivity (Wildman–Crippen MR) is 77.7 cm³/mol. The minimum Gasteiger partial charge on any atom is -0.399 e. The summed E-state index contributed by atoms with van der Waals surface area (Å²) >= 11 is 11.8. The lowest BCUT2D eigenvalue weighted by molar-refractivity contribution is -0.144. The first-order valence-corrected chi connectivity index (χ1v) is 6.64. The minimum atomic E-state index is -4.30. The average Bonchev–Trinajstić information content (AvgIpc) is 2.29. The van der Waals surface area contributed by atoms with Crippen LogP contribution in [0, 0.1) is 0 Å². The number of carbonyl (C=O) groups is 1. The molecule has 0 fully saturated rings. The van der Waals surface area contributed by atoms with Gasteiger partial charge in [0.05, 0.1) is 22.3 Å². The van der Waals surface area contributed by atoms with E-state index in [1.807, 2.05) is 0 Å². The Morgan fingerprint density at radius 1 is 1.33 bits per heavy atom. The van der Waals surface area contributed by atoms with E-state index in [2.05, 4.69) is 5.32 Å². The zero-order valence-corrected chi connectivity index (χ0v) is 12.6. The third kappa shape index (κ3) is 6.41. The van der Waals surface area contributed by atoms with Crippen molar-refractivity contribution in [1.82, 2.24) is 4.90 Å². The maximum Gasteiger partial charge on any atom is 0.401 e. The second kappa shape index (κ2) is 7.20. The Morgan fingerprint density at radius 2 is 1.86 bits per heavy atom. The van der Waals surface area contributed by atoms with E-state index in [9.17, 15) is 18.0 Å². The number of hydrogen-bond acceptors (Lipinski definition) is 3. The number of benzene rings is 1. The van der Waals surface area contributed by atoms with E-state index in [4.69, 9.17) is 28.9 Å². The van der Waals surface area contributed by atoms with Gasteiger partial charge in [0, 0.05) is 18.7 Å². The average molecular weight is 344 g/mol. The van der Waals surface area contributed by atoms with Crippen molar-refractivity contribution >= 4 is 40.5 Å². The lowest BCUT2D eigenvalue weighted by atomic mass is 10.2. The molecular formula is C12H14Cl2F3N3O. The van der Waals surface area contributed by atoms with E-state index in [1.54, 1.807) is 0 Å². The molecule has 0 atom stereocenters. The predicted octanol–water partition coefficient (Wildman–Crippen LogP) is 3.40. The van der Waals surface area contributed by atoms with Gasteiger partial charge >= 0.3 is 6.18 Å². The number of rotatable bonds is 5. The van der Waals surface area contributed by atoms with Crippen molar-refractivity contribution in [3.05, 3.63) is 22.2 Å². The molecule has 9 heteroatoms. The van der Waals surface area contributed by atoms with Crippen molar-refractivity contribution in [3.63, 3.8) is 0 Å². The van der Waals surface area contributed by atoms with Gasteiger partial charge in [-0.05, 0) is 19.2 Å².